The maximum Gasteiger partial charge on any atom is 0.422 e. The predicted octanol–water partition coefficient (Wildman–Crippen LogP) is 6.27. The molecule has 0 fully saturated rings. The van der Waals surface area contributed by atoms with Crippen molar-refractivity contribution in [3.63, 3.8) is 0 Å². The number of benzene rings is 1. The Morgan fingerprint density at radius 1 is 0.667 bits per heavy atom. The van der Waals surface area contributed by atoms with Crippen molar-refractivity contribution in [2.45, 2.75) is 64.2 Å². The Bertz CT molecular complexity index is 576. The molecule has 0 spiro atoms. The smallest absolute Gasteiger partial charge is 0.422 e. The lowest BCUT2D eigenvalue weighted by Gasteiger charge is -2.42. The van der Waals surface area contributed by atoms with Gasteiger partial charge in [0.1, 0.15) is 11.5 Å². The summed E-state index contributed by atoms with van der Waals surface area (Å²) < 4.78 is 84.5. The van der Waals surface area contributed by atoms with Crippen LogP contribution in [0, 0.1) is 0 Å². The first-order valence-electron chi connectivity index (χ1n) is 8.23. The highest BCUT2D eigenvalue weighted by molar-refractivity contribution is 7.68. The lowest BCUT2D eigenvalue weighted by molar-refractivity contribution is -0.153. The Kier molecular flexibility index (Phi) is 7.12. The lowest BCUT2D eigenvalue weighted by Crippen LogP contribution is -2.31. The number of ether oxygens (including phenoxy) is 2. The summed E-state index contributed by atoms with van der Waals surface area (Å²) in [5.74, 6) is -0.328. The molecule has 1 rings (SSSR count). The van der Waals surface area contributed by atoms with Gasteiger partial charge in [-0.1, -0.05) is 49.5 Å². The first kappa shape index (κ1) is 23.9. The third-order valence-corrected chi connectivity index (χ3v) is 6.73. The van der Waals surface area contributed by atoms with Crippen molar-refractivity contribution in [1.29, 1.82) is 0 Å². The molecule has 0 aliphatic carbocycles. The third-order valence-electron chi connectivity index (χ3n) is 3.27. The van der Waals surface area contributed by atoms with Crippen LogP contribution in [0.2, 0.25) is 0 Å². The summed E-state index contributed by atoms with van der Waals surface area (Å²) in [5, 5.41) is 0.150. The van der Waals surface area contributed by atoms with E-state index in [1.165, 1.54) is 12.1 Å². The monoisotopic (exact) mass is 418 g/mol. The zero-order chi connectivity index (χ0) is 21.3. The molecule has 0 aromatic heterocycles. The quantitative estimate of drug-likeness (QED) is 0.414. The molecule has 0 saturated heterocycles. The Labute approximate surface area is 157 Å². The standard InChI is InChI=1S/C18H25F6O2P/c1-15(2,3)27(16(4,5)6)14-8-12(25-10-17(19,20)21)7-13(9-14)26-11-18(22,23)24/h7-9H,10-11H2,1-6H3. The van der Waals surface area contributed by atoms with E-state index in [9.17, 15) is 26.3 Å². The molecule has 0 aliphatic rings. The molecule has 1 aromatic rings. The van der Waals surface area contributed by atoms with Gasteiger partial charge in [0.2, 0.25) is 0 Å². The van der Waals surface area contributed by atoms with Crippen LogP contribution in [0.5, 0.6) is 11.5 Å². The summed E-state index contributed by atoms with van der Waals surface area (Å²) in [7, 11) is -0.970. The van der Waals surface area contributed by atoms with Gasteiger partial charge in [-0.15, -0.1) is 0 Å². The van der Waals surface area contributed by atoms with E-state index >= 15 is 0 Å². The van der Waals surface area contributed by atoms with E-state index in [-0.39, 0.29) is 21.8 Å². The van der Waals surface area contributed by atoms with Gasteiger partial charge in [-0.25, -0.2) is 0 Å². The van der Waals surface area contributed by atoms with Crippen molar-refractivity contribution in [3.8, 4) is 11.5 Å². The minimum absolute atomic E-state index is 0.164. The van der Waals surface area contributed by atoms with Crippen LogP contribution >= 0.6 is 7.92 Å². The Morgan fingerprint density at radius 3 is 1.26 bits per heavy atom. The maximum absolute atomic E-state index is 12.5. The summed E-state index contributed by atoms with van der Waals surface area (Å²) in [6, 6.07) is 3.99. The van der Waals surface area contributed by atoms with E-state index in [4.69, 9.17) is 9.47 Å². The number of hydrogen-bond acceptors (Lipinski definition) is 2. The van der Waals surface area contributed by atoms with Crippen LogP contribution in [0.4, 0.5) is 26.3 Å². The van der Waals surface area contributed by atoms with E-state index in [1.54, 1.807) is 0 Å². The minimum Gasteiger partial charge on any atom is -0.484 e. The first-order chi connectivity index (χ1) is 11.9. The number of hydrogen-bond donors (Lipinski definition) is 0. The summed E-state index contributed by atoms with van der Waals surface area (Å²) in [4.78, 5) is 0. The molecular weight excluding hydrogens is 393 g/mol. The van der Waals surface area contributed by atoms with Crippen LogP contribution in [0.25, 0.3) is 0 Å². The molecule has 1 aromatic carbocycles. The van der Waals surface area contributed by atoms with Crippen molar-refractivity contribution in [2.75, 3.05) is 13.2 Å². The second kappa shape index (κ2) is 8.06. The van der Waals surface area contributed by atoms with Crippen molar-refractivity contribution in [1.82, 2.24) is 0 Å². The number of rotatable bonds is 5. The molecule has 0 aliphatic heterocycles. The highest BCUT2D eigenvalue weighted by Crippen LogP contribution is 2.58. The summed E-state index contributed by atoms with van der Waals surface area (Å²) >= 11 is 0. The highest BCUT2D eigenvalue weighted by atomic mass is 31.1. The fraction of sp³-hybridized carbons (Fsp3) is 0.667. The van der Waals surface area contributed by atoms with Crippen LogP contribution in [-0.2, 0) is 0 Å². The maximum atomic E-state index is 12.5. The van der Waals surface area contributed by atoms with Crippen LogP contribution in [-0.4, -0.2) is 35.9 Å². The largest absolute Gasteiger partial charge is 0.484 e. The van der Waals surface area contributed by atoms with E-state index in [2.05, 4.69) is 0 Å². The van der Waals surface area contributed by atoms with Crippen molar-refractivity contribution in [2.24, 2.45) is 0 Å². The molecule has 0 unspecified atom stereocenters. The molecule has 0 saturated carbocycles. The summed E-state index contributed by atoms with van der Waals surface area (Å²) in [6.45, 7) is 8.88. The Balaban J connectivity index is 3.35. The fourth-order valence-electron chi connectivity index (χ4n) is 2.96. The topological polar surface area (TPSA) is 18.5 Å². The van der Waals surface area contributed by atoms with E-state index in [0.29, 0.717) is 5.30 Å². The predicted molar refractivity (Wildman–Crippen MR) is 95.6 cm³/mol. The minimum atomic E-state index is -4.55. The first-order valence-corrected chi connectivity index (χ1v) is 9.57. The third kappa shape index (κ3) is 8.58. The average Bonchev–Trinajstić information content (AvgIpc) is 2.38. The van der Waals surface area contributed by atoms with E-state index < -0.39 is 33.5 Å². The zero-order valence-corrected chi connectivity index (χ0v) is 17.1. The van der Waals surface area contributed by atoms with Crippen LogP contribution in [0.15, 0.2) is 18.2 Å². The lowest BCUT2D eigenvalue weighted by atomic mass is 10.2. The van der Waals surface area contributed by atoms with Gasteiger partial charge in [0, 0.05) is 6.07 Å². The van der Waals surface area contributed by atoms with Crippen molar-refractivity contribution >= 4 is 13.2 Å². The van der Waals surface area contributed by atoms with Gasteiger partial charge in [0.25, 0.3) is 0 Å². The molecule has 0 amide bonds. The van der Waals surface area contributed by atoms with Gasteiger partial charge in [0.05, 0.1) is 0 Å². The SMILES string of the molecule is CC(C)(C)P(c1cc(OCC(F)(F)F)cc(OCC(F)(F)F)c1)C(C)(C)C. The average molecular weight is 418 g/mol. The second-order valence-electron chi connectivity index (χ2n) is 8.15. The van der Waals surface area contributed by atoms with E-state index in [1.807, 2.05) is 41.5 Å². The summed E-state index contributed by atoms with van der Waals surface area (Å²) in [5.41, 5.74) is 0. The van der Waals surface area contributed by atoms with Crippen LogP contribution in [0.1, 0.15) is 41.5 Å². The molecule has 9 heteroatoms. The second-order valence-corrected chi connectivity index (χ2v) is 12.0. The Morgan fingerprint density at radius 2 is 1.00 bits per heavy atom. The highest BCUT2D eigenvalue weighted by Gasteiger charge is 2.37. The molecule has 0 N–H and O–H groups in total. The zero-order valence-electron chi connectivity index (χ0n) is 16.2. The molecule has 2 nitrogen and oxygen atoms in total. The molecule has 156 valence electrons. The van der Waals surface area contributed by atoms with Crippen LogP contribution < -0.4 is 14.8 Å². The molecular formula is C18H25F6O2P. The molecule has 0 bridgehead atoms. The Hall–Kier alpha value is -1.17. The van der Waals surface area contributed by atoms with Gasteiger partial charge in [-0.05, 0) is 27.7 Å². The van der Waals surface area contributed by atoms with Gasteiger partial charge < -0.3 is 9.47 Å². The number of alkyl halides is 6. The fourth-order valence-corrected chi connectivity index (χ4v) is 7.04. The molecule has 0 atom stereocenters. The van der Waals surface area contributed by atoms with Gasteiger partial charge in [-0.2, -0.15) is 26.3 Å². The van der Waals surface area contributed by atoms with Gasteiger partial charge in [-0.3, -0.25) is 0 Å². The molecule has 0 heterocycles. The van der Waals surface area contributed by atoms with Crippen molar-refractivity contribution < 1.29 is 35.8 Å². The normalized spacial score (nSPS) is 13.8. The summed E-state index contributed by atoms with van der Waals surface area (Å²) in [6.07, 6.45) is -9.11. The van der Waals surface area contributed by atoms with Crippen molar-refractivity contribution in [3.05, 3.63) is 18.2 Å². The van der Waals surface area contributed by atoms with Gasteiger partial charge >= 0.3 is 12.4 Å². The van der Waals surface area contributed by atoms with Gasteiger partial charge in [0.15, 0.2) is 13.2 Å². The van der Waals surface area contributed by atoms with Crippen LogP contribution in [0.3, 0.4) is 0 Å². The van der Waals surface area contributed by atoms with E-state index in [0.717, 1.165) is 6.07 Å². The molecule has 27 heavy (non-hydrogen) atoms. The molecule has 0 radical (unpaired) electrons. The number of halogens is 6.